The smallest absolute Gasteiger partial charge is 0.320 e. The van der Waals surface area contributed by atoms with Crippen LogP contribution in [0.2, 0.25) is 0 Å². The third-order valence-corrected chi connectivity index (χ3v) is 13.5. The fraction of sp³-hybridized carbons (Fsp3) is 0.273. The summed E-state index contributed by atoms with van der Waals surface area (Å²) in [5.41, 5.74) is -7.74. The number of halogens is 4. The van der Waals surface area contributed by atoms with Crippen molar-refractivity contribution in [3.63, 3.8) is 0 Å². The second-order valence-electron chi connectivity index (χ2n) is 11.2. The van der Waals surface area contributed by atoms with Crippen LogP contribution in [0.5, 0.6) is 0 Å². The van der Waals surface area contributed by atoms with Crippen molar-refractivity contribution in [2.45, 2.75) is 41.1 Å². The Morgan fingerprint density at radius 2 is 0.938 bits per heavy atom. The van der Waals surface area contributed by atoms with E-state index in [1.807, 2.05) is 60.7 Å². The molecule has 4 rings (SSSR count). The molecule has 0 aliphatic rings. The van der Waals surface area contributed by atoms with Crippen LogP contribution in [-0.2, 0) is 56.9 Å². The predicted octanol–water partition coefficient (Wildman–Crippen LogP) is 7.59. The number of benzene rings is 4. The zero-order valence-corrected chi connectivity index (χ0v) is 28.8. The zero-order valence-electron chi connectivity index (χ0n) is 25.4. The molecule has 1 unspecified atom stereocenters. The fourth-order valence-electron chi connectivity index (χ4n) is 5.04. The molecule has 7 nitrogen and oxygen atoms in total. The molecular weight excluding hydrogens is 710 g/mol. The summed E-state index contributed by atoms with van der Waals surface area (Å²) >= 11 is 1.38. The van der Waals surface area contributed by atoms with E-state index >= 15 is 0 Å². The quantitative estimate of drug-likeness (QED) is 0.0682. The lowest BCUT2D eigenvalue weighted by Crippen LogP contribution is -2.38. The summed E-state index contributed by atoms with van der Waals surface area (Å²) in [5.74, 6) is 0.675. The number of thioether (sulfide) groups is 1. The molecule has 0 saturated heterocycles. The lowest BCUT2D eigenvalue weighted by atomic mass is 10.0. The van der Waals surface area contributed by atoms with Crippen molar-refractivity contribution in [2.24, 2.45) is 0 Å². The Morgan fingerprint density at radius 1 is 0.562 bits per heavy atom. The fourth-order valence-corrected chi connectivity index (χ4v) is 9.73. The molecule has 0 aliphatic carbocycles. The van der Waals surface area contributed by atoms with Crippen molar-refractivity contribution in [3.05, 3.63) is 143 Å². The minimum Gasteiger partial charge on any atom is -0.320 e. The molecule has 4 N–H and O–H groups in total. The minimum atomic E-state index is -5.81. The monoisotopic (exact) mass is 744 g/mol. The molecule has 0 saturated carbocycles. The summed E-state index contributed by atoms with van der Waals surface area (Å²) in [7, 11) is -13.2. The van der Waals surface area contributed by atoms with Gasteiger partial charge >= 0.3 is 26.5 Å². The summed E-state index contributed by atoms with van der Waals surface area (Å²) < 4.78 is 93.8. The van der Waals surface area contributed by atoms with E-state index in [0.717, 1.165) is 35.4 Å². The van der Waals surface area contributed by atoms with Gasteiger partial charge in [-0.1, -0.05) is 109 Å². The van der Waals surface area contributed by atoms with E-state index in [1.54, 1.807) is 0 Å². The molecule has 0 radical (unpaired) electrons. The minimum absolute atomic E-state index is 0.0516. The Balaban J connectivity index is 1.73. The molecule has 258 valence electrons. The standard InChI is InChI=1S/C33H34F4O7P2S2/c34-32(35,45(38,39)40)29-15-11-27(12-16-29)23-31(47-21-19-25-7-3-1-4-8-25,48(44)22-20-26-9-5-2-6-10-26)24-28-13-17-30(18-14-28)33(36,37)46(41,42)43/h1-18H,19-24H2,(H2,38,39,40)(H2,41,42,43). The van der Waals surface area contributed by atoms with E-state index in [2.05, 4.69) is 0 Å². The Hall–Kier alpha value is -2.60. The zero-order chi connectivity index (χ0) is 35.2. The molecule has 0 bridgehead atoms. The van der Waals surface area contributed by atoms with Crippen molar-refractivity contribution in [1.82, 2.24) is 0 Å². The maximum atomic E-state index is 14.4. The second-order valence-corrected chi connectivity index (χ2v) is 18.1. The molecule has 48 heavy (non-hydrogen) atoms. The van der Waals surface area contributed by atoms with Crippen molar-refractivity contribution in [1.29, 1.82) is 0 Å². The first-order valence-electron chi connectivity index (χ1n) is 14.6. The highest BCUT2D eigenvalue weighted by Crippen LogP contribution is 2.60. The van der Waals surface area contributed by atoms with E-state index in [4.69, 9.17) is 0 Å². The van der Waals surface area contributed by atoms with Gasteiger partial charge in [0.25, 0.3) is 0 Å². The van der Waals surface area contributed by atoms with Crippen molar-refractivity contribution in [2.75, 3.05) is 11.5 Å². The van der Waals surface area contributed by atoms with Gasteiger partial charge in [-0.05, 0) is 53.7 Å². The Kier molecular flexibility index (Phi) is 12.4. The van der Waals surface area contributed by atoms with Gasteiger partial charge < -0.3 is 19.6 Å². The number of alkyl halides is 4. The third-order valence-electron chi connectivity index (χ3n) is 7.71. The first-order valence-corrected chi connectivity index (χ1v) is 20.1. The van der Waals surface area contributed by atoms with Crippen LogP contribution in [0.1, 0.15) is 33.4 Å². The van der Waals surface area contributed by atoms with E-state index in [9.17, 15) is 50.5 Å². The first-order chi connectivity index (χ1) is 22.4. The van der Waals surface area contributed by atoms with Gasteiger partial charge in [-0.3, -0.25) is 13.3 Å². The van der Waals surface area contributed by atoms with Crippen LogP contribution in [0.3, 0.4) is 0 Å². The SMILES string of the molecule is O=S(CCc1ccccc1)C(Cc1ccc(C(F)(F)P(=O)(O)O)cc1)(Cc1ccc(C(F)(F)P(=O)(O)O)cc1)SCCc1ccccc1. The lowest BCUT2D eigenvalue weighted by molar-refractivity contribution is 0.0564. The van der Waals surface area contributed by atoms with E-state index < -0.39 is 52.5 Å². The van der Waals surface area contributed by atoms with Crippen LogP contribution in [0, 0.1) is 0 Å². The maximum Gasteiger partial charge on any atom is 0.399 e. The van der Waals surface area contributed by atoms with Gasteiger partial charge in [-0.15, -0.1) is 11.8 Å². The molecule has 4 aromatic carbocycles. The van der Waals surface area contributed by atoms with Gasteiger partial charge in [0, 0.05) is 27.7 Å². The van der Waals surface area contributed by atoms with E-state index in [0.29, 0.717) is 29.7 Å². The van der Waals surface area contributed by atoms with Crippen LogP contribution < -0.4 is 0 Å². The summed E-state index contributed by atoms with van der Waals surface area (Å²) in [5, 5.41) is 0. The van der Waals surface area contributed by atoms with Gasteiger partial charge in [0.15, 0.2) is 0 Å². The second kappa shape index (κ2) is 15.5. The molecule has 4 aromatic rings. The van der Waals surface area contributed by atoms with Gasteiger partial charge in [0.1, 0.15) is 0 Å². The van der Waals surface area contributed by atoms with Gasteiger partial charge in [0.05, 0.1) is 4.08 Å². The molecule has 0 amide bonds. The Labute approximate surface area is 282 Å². The van der Waals surface area contributed by atoms with Gasteiger partial charge in [0.2, 0.25) is 0 Å². The van der Waals surface area contributed by atoms with Crippen LogP contribution in [-0.4, -0.2) is 39.4 Å². The Bertz CT molecular complexity index is 1690. The lowest BCUT2D eigenvalue weighted by Gasteiger charge is -2.34. The third kappa shape index (κ3) is 9.34. The van der Waals surface area contributed by atoms with Crippen molar-refractivity contribution < 1.29 is 50.5 Å². The highest BCUT2D eigenvalue weighted by molar-refractivity contribution is 8.12. The summed E-state index contributed by atoms with van der Waals surface area (Å²) in [6, 6.07) is 27.7. The average molecular weight is 745 g/mol. The highest BCUT2D eigenvalue weighted by atomic mass is 32.2. The molecule has 0 heterocycles. The molecule has 15 heteroatoms. The van der Waals surface area contributed by atoms with Crippen LogP contribution in [0.4, 0.5) is 17.6 Å². The number of hydrogen-bond acceptors (Lipinski definition) is 4. The van der Waals surface area contributed by atoms with Crippen LogP contribution in [0.15, 0.2) is 109 Å². The number of hydrogen-bond donors (Lipinski definition) is 4. The average Bonchev–Trinajstić information content (AvgIpc) is 3.04. The Morgan fingerprint density at radius 3 is 1.31 bits per heavy atom. The van der Waals surface area contributed by atoms with E-state index in [-0.39, 0.29) is 18.6 Å². The summed E-state index contributed by atoms with van der Waals surface area (Å²) in [6.07, 6.45) is 1.13. The first kappa shape index (κ1) is 38.2. The number of aryl methyl sites for hydroxylation is 2. The molecule has 1 atom stereocenters. The predicted molar refractivity (Wildman–Crippen MR) is 181 cm³/mol. The maximum absolute atomic E-state index is 14.4. The van der Waals surface area contributed by atoms with Gasteiger partial charge in [-0.2, -0.15) is 17.6 Å². The molecule has 0 aromatic heterocycles. The molecule has 0 spiro atoms. The van der Waals surface area contributed by atoms with Crippen molar-refractivity contribution >= 4 is 37.8 Å². The summed E-state index contributed by atoms with van der Waals surface area (Å²) in [6.45, 7) is 0. The highest BCUT2D eigenvalue weighted by Gasteiger charge is 2.51. The normalized spacial score (nSPS) is 13.8. The molecule has 0 aliphatic heterocycles. The number of rotatable bonds is 16. The molecule has 0 fully saturated rings. The van der Waals surface area contributed by atoms with E-state index in [1.165, 1.54) is 36.0 Å². The molecular formula is C33H34F4O7P2S2. The van der Waals surface area contributed by atoms with Gasteiger partial charge in [-0.25, -0.2) is 0 Å². The van der Waals surface area contributed by atoms with Crippen molar-refractivity contribution in [3.8, 4) is 0 Å². The topological polar surface area (TPSA) is 132 Å². The summed E-state index contributed by atoms with van der Waals surface area (Å²) in [4.78, 5) is 36.7. The van der Waals surface area contributed by atoms with Crippen LogP contribution >= 0.6 is 27.0 Å². The van der Waals surface area contributed by atoms with Crippen LogP contribution in [0.25, 0.3) is 0 Å². The largest absolute Gasteiger partial charge is 0.399 e.